The standard InChI is InChI=1S/C55H94O5/c1-4-7-10-13-16-19-22-25-27-28-29-31-33-36-39-42-45-48-54(56)59-52-53(51-58-50-47-44-41-38-35-32-26-23-20-17-14-11-8-5-2)60-55(57)49-46-43-40-37-34-30-24-21-18-15-12-9-6-3/h7,9-10,12,16,18-19,21,25,27,30,34,40,43,53H,4-6,8,11,13-15,17,20,22-24,26,28-29,31-33,35-39,41-42,44-52H2,1-3H3/b10-7-,12-9-,19-16-,21-18-,27-25-,34-30-,43-40-. The Morgan fingerprint density at radius 3 is 1.27 bits per heavy atom. The smallest absolute Gasteiger partial charge is 0.306 e. The highest BCUT2D eigenvalue weighted by atomic mass is 16.6. The van der Waals surface area contributed by atoms with Crippen LogP contribution in [0.15, 0.2) is 85.1 Å². The number of carbonyl (C=O) groups excluding carboxylic acids is 2. The Bertz CT molecular complexity index is 1130. The van der Waals surface area contributed by atoms with Gasteiger partial charge in [0.1, 0.15) is 6.61 Å². The molecule has 0 radical (unpaired) electrons. The van der Waals surface area contributed by atoms with Gasteiger partial charge in [0.05, 0.1) is 6.61 Å². The summed E-state index contributed by atoms with van der Waals surface area (Å²) in [7, 11) is 0. The Balaban J connectivity index is 4.35. The van der Waals surface area contributed by atoms with Crippen molar-refractivity contribution in [3.63, 3.8) is 0 Å². The van der Waals surface area contributed by atoms with Crippen molar-refractivity contribution in [2.75, 3.05) is 19.8 Å². The number of hydrogen-bond donors (Lipinski definition) is 0. The highest BCUT2D eigenvalue weighted by molar-refractivity contribution is 5.70. The van der Waals surface area contributed by atoms with Crippen molar-refractivity contribution < 1.29 is 23.8 Å². The predicted octanol–water partition coefficient (Wildman–Crippen LogP) is 16.9. The molecule has 0 aliphatic heterocycles. The minimum absolute atomic E-state index is 0.0499. The van der Waals surface area contributed by atoms with Gasteiger partial charge in [-0.2, -0.15) is 0 Å². The molecule has 0 fully saturated rings. The van der Waals surface area contributed by atoms with E-state index in [-0.39, 0.29) is 25.2 Å². The van der Waals surface area contributed by atoms with E-state index in [9.17, 15) is 9.59 Å². The van der Waals surface area contributed by atoms with Crippen LogP contribution in [-0.2, 0) is 23.8 Å². The minimum Gasteiger partial charge on any atom is -0.462 e. The molecule has 5 heteroatoms. The third-order valence-electron chi connectivity index (χ3n) is 10.4. The fourth-order valence-corrected chi connectivity index (χ4v) is 6.77. The number of hydrogen-bond acceptors (Lipinski definition) is 5. The van der Waals surface area contributed by atoms with Crippen LogP contribution in [0.25, 0.3) is 0 Å². The second kappa shape index (κ2) is 50.4. The first-order valence-electron chi connectivity index (χ1n) is 25.1. The van der Waals surface area contributed by atoms with Crippen molar-refractivity contribution in [1.29, 1.82) is 0 Å². The van der Waals surface area contributed by atoms with Crippen LogP contribution >= 0.6 is 0 Å². The predicted molar refractivity (Wildman–Crippen MR) is 260 cm³/mol. The molecule has 0 aromatic heterocycles. The Hall–Kier alpha value is -2.92. The van der Waals surface area contributed by atoms with E-state index in [2.05, 4.69) is 99.8 Å². The number of ether oxygens (including phenoxy) is 3. The first-order chi connectivity index (χ1) is 29.6. The highest BCUT2D eigenvalue weighted by Gasteiger charge is 2.17. The second-order valence-corrected chi connectivity index (χ2v) is 16.3. The van der Waals surface area contributed by atoms with Crippen molar-refractivity contribution in [3.05, 3.63) is 85.1 Å². The van der Waals surface area contributed by atoms with Crippen LogP contribution in [0.2, 0.25) is 0 Å². The number of esters is 2. The molecular weight excluding hydrogens is 741 g/mol. The van der Waals surface area contributed by atoms with Gasteiger partial charge in [-0.15, -0.1) is 0 Å². The van der Waals surface area contributed by atoms with Gasteiger partial charge in [0.25, 0.3) is 0 Å². The third kappa shape index (κ3) is 47.8. The summed E-state index contributed by atoms with van der Waals surface area (Å²) in [5.41, 5.74) is 0. The van der Waals surface area contributed by atoms with Crippen LogP contribution in [0.4, 0.5) is 0 Å². The van der Waals surface area contributed by atoms with E-state index in [4.69, 9.17) is 14.2 Å². The lowest BCUT2D eigenvalue weighted by molar-refractivity contribution is -0.162. The fraction of sp³-hybridized carbons (Fsp3) is 0.709. The second-order valence-electron chi connectivity index (χ2n) is 16.3. The molecule has 60 heavy (non-hydrogen) atoms. The summed E-state index contributed by atoms with van der Waals surface area (Å²) in [4.78, 5) is 25.3. The minimum atomic E-state index is -0.579. The summed E-state index contributed by atoms with van der Waals surface area (Å²) in [5, 5.41) is 0. The Morgan fingerprint density at radius 2 is 0.783 bits per heavy atom. The van der Waals surface area contributed by atoms with Gasteiger partial charge in [-0.3, -0.25) is 9.59 Å². The van der Waals surface area contributed by atoms with Gasteiger partial charge in [-0.1, -0.05) is 221 Å². The molecule has 0 heterocycles. The summed E-state index contributed by atoms with van der Waals surface area (Å²) < 4.78 is 17.3. The SMILES string of the molecule is CC/C=C\C/C=C\C/C=C\C/C=C\CCC(=O)OC(COCCCCCCCCCCCCCCCC)COC(=O)CCCCCCCCC/C=C\C/C=C\C/C=C\CC. The molecule has 0 aromatic carbocycles. The molecule has 0 aromatic rings. The maximum absolute atomic E-state index is 12.7. The molecule has 0 saturated carbocycles. The molecule has 1 unspecified atom stereocenters. The average Bonchev–Trinajstić information content (AvgIpc) is 3.25. The third-order valence-corrected chi connectivity index (χ3v) is 10.4. The monoisotopic (exact) mass is 835 g/mol. The molecule has 0 rings (SSSR count). The molecule has 1 atom stereocenters. The van der Waals surface area contributed by atoms with Crippen LogP contribution < -0.4 is 0 Å². The summed E-state index contributed by atoms with van der Waals surface area (Å²) in [6.45, 7) is 7.52. The lowest BCUT2D eigenvalue weighted by Gasteiger charge is -2.18. The van der Waals surface area contributed by atoms with Crippen LogP contribution in [0.3, 0.4) is 0 Å². The average molecular weight is 835 g/mol. The Kier molecular flexibility index (Phi) is 48.0. The van der Waals surface area contributed by atoms with E-state index in [0.717, 1.165) is 83.5 Å². The van der Waals surface area contributed by atoms with Crippen LogP contribution in [0.1, 0.15) is 226 Å². The lowest BCUT2D eigenvalue weighted by Crippen LogP contribution is -2.30. The number of unbranched alkanes of at least 4 members (excludes halogenated alkanes) is 20. The molecule has 0 N–H and O–H groups in total. The number of carbonyl (C=O) groups is 2. The van der Waals surface area contributed by atoms with Crippen molar-refractivity contribution in [2.45, 2.75) is 232 Å². The van der Waals surface area contributed by atoms with E-state index >= 15 is 0 Å². The van der Waals surface area contributed by atoms with Gasteiger partial charge in [-0.25, -0.2) is 0 Å². The van der Waals surface area contributed by atoms with E-state index in [1.54, 1.807) is 0 Å². The summed E-state index contributed by atoms with van der Waals surface area (Å²) in [5.74, 6) is -0.500. The zero-order valence-electron chi connectivity index (χ0n) is 39.5. The van der Waals surface area contributed by atoms with Crippen molar-refractivity contribution in [1.82, 2.24) is 0 Å². The van der Waals surface area contributed by atoms with Crippen molar-refractivity contribution in [3.8, 4) is 0 Å². The van der Waals surface area contributed by atoms with Crippen molar-refractivity contribution >= 4 is 11.9 Å². The van der Waals surface area contributed by atoms with Gasteiger partial charge >= 0.3 is 11.9 Å². The normalized spacial score (nSPS) is 12.9. The zero-order chi connectivity index (χ0) is 43.5. The summed E-state index contributed by atoms with van der Waals surface area (Å²) in [6, 6.07) is 0. The largest absolute Gasteiger partial charge is 0.462 e. The van der Waals surface area contributed by atoms with Gasteiger partial charge in [0, 0.05) is 19.4 Å². The number of allylic oxidation sites excluding steroid dienone is 14. The zero-order valence-corrected chi connectivity index (χ0v) is 39.5. The maximum atomic E-state index is 12.7. The molecule has 0 bridgehead atoms. The lowest BCUT2D eigenvalue weighted by atomic mass is 10.0. The van der Waals surface area contributed by atoms with Gasteiger partial charge < -0.3 is 14.2 Å². The van der Waals surface area contributed by atoms with E-state index in [1.165, 1.54) is 103 Å². The summed E-state index contributed by atoms with van der Waals surface area (Å²) >= 11 is 0. The summed E-state index contributed by atoms with van der Waals surface area (Å²) in [6.07, 6.45) is 66.0. The molecule has 0 amide bonds. The van der Waals surface area contributed by atoms with E-state index in [1.807, 2.05) is 6.08 Å². The molecule has 0 saturated heterocycles. The molecule has 5 nitrogen and oxygen atoms in total. The Labute approximate surface area is 371 Å². The van der Waals surface area contributed by atoms with Gasteiger partial charge in [0.2, 0.25) is 0 Å². The molecule has 0 spiro atoms. The van der Waals surface area contributed by atoms with Crippen LogP contribution in [0.5, 0.6) is 0 Å². The van der Waals surface area contributed by atoms with E-state index in [0.29, 0.717) is 25.9 Å². The topological polar surface area (TPSA) is 61.8 Å². The first kappa shape index (κ1) is 57.1. The van der Waals surface area contributed by atoms with Crippen LogP contribution in [0, 0.1) is 0 Å². The van der Waals surface area contributed by atoms with Gasteiger partial charge in [0.15, 0.2) is 6.10 Å². The Morgan fingerprint density at radius 1 is 0.383 bits per heavy atom. The van der Waals surface area contributed by atoms with E-state index < -0.39 is 6.10 Å². The quantitative estimate of drug-likeness (QED) is 0.0347. The molecule has 0 aliphatic rings. The van der Waals surface area contributed by atoms with Gasteiger partial charge in [-0.05, 0) is 77.0 Å². The highest BCUT2D eigenvalue weighted by Crippen LogP contribution is 2.14. The van der Waals surface area contributed by atoms with Crippen molar-refractivity contribution in [2.24, 2.45) is 0 Å². The molecular formula is C55H94O5. The maximum Gasteiger partial charge on any atom is 0.306 e. The molecule has 344 valence electrons. The first-order valence-corrected chi connectivity index (χ1v) is 25.1. The van der Waals surface area contributed by atoms with Crippen LogP contribution in [-0.4, -0.2) is 37.9 Å². The fourth-order valence-electron chi connectivity index (χ4n) is 6.77. The number of rotatable bonds is 45. The molecule has 0 aliphatic carbocycles.